The summed E-state index contributed by atoms with van der Waals surface area (Å²) in [6.07, 6.45) is 0. The first-order valence-corrected chi connectivity index (χ1v) is 13.9. The molecule has 0 radical (unpaired) electrons. The van der Waals surface area contributed by atoms with E-state index in [4.69, 9.17) is 0 Å². The van der Waals surface area contributed by atoms with E-state index in [-0.39, 0.29) is 10.8 Å². The van der Waals surface area contributed by atoms with Crippen molar-refractivity contribution < 1.29 is 8.42 Å². The standard InChI is InChI=1S/C33H29NO2S/c1-25-18-22-30(23-19-25)37(35,36)34(26(2)20-21-27-12-6-3-7-13-27)24-31-32(28-14-8-4-9-15-28)33(31)29-16-10-5-11-17-29/h3-19,22-23,26,31H,24H2,1-2H3. The summed E-state index contributed by atoms with van der Waals surface area (Å²) >= 11 is 0. The maximum atomic E-state index is 14.0. The third kappa shape index (κ3) is 5.44. The Morgan fingerprint density at radius 3 is 1.73 bits per heavy atom. The van der Waals surface area contributed by atoms with Gasteiger partial charge in [0.15, 0.2) is 0 Å². The molecule has 0 aromatic heterocycles. The molecule has 4 heteroatoms. The molecule has 0 fully saturated rings. The quantitative estimate of drug-likeness (QED) is 0.264. The Morgan fingerprint density at radius 1 is 0.730 bits per heavy atom. The van der Waals surface area contributed by atoms with Crippen molar-refractivity contribution in [1.29, 1.82) is 0 Å². The van der Waals surface area contributed by atoms with Crippen LogP contribution in [-0.2, 0) is 10.0 Å². The monoisotopic (exact) mass is 503 g/mol. The molecule has 0 saturated heterocycles. The summed E-state index contributed by atoms with van der Waals surface area (Å²) in [5, 5.41) is 0. The summed E-state index contributed by atoms with van der Waals surface area (Å²) in [7, 11) is -3.78. The summed E-state index contributed by atoms with van der Waals surface area (Å²) in [6.45, 7) is 4.15. The Labute approximate surface area is 220 Å². The third-order valence-corrected chi connectivity index (χ3v) is 8.65. The summed E-state index contributed by atoms with van der Waals surface area (Å²) in [4.78, 5) is 0.287. The lowest BCUT2D eigenvalue weighted by Crippen LogP contribution is -2.40. The molecule has 0 saturated carbocycles. The molecule has 0 amide bonds. The van der Waals surface area contributed by atoms with Gasteiger partial charge in [-0.25, -0.2) is 8.42 Å². The van der Waals surface area contributed by atoms with Crippen molar-refractivity contribution in [2.75, 3.05) is 6.54 Å². The fraction of sp³-hybridized carbons (Fsp3) is 0.152. The number of hydrogen-bond donors (Lipinski definition) is 0. The fourth-order valence-corrected chi connectivity index (χ4v) is 6.24. The van der Waals surface area contributed by atoms with Crippen LogP contribution in [0.25, 0.3) is 11.1 Å². The van der Waals surface area contributed by atoms with Crippen LogP contribution in [0.5, 0.6) is 0 Å². The van der Waals surface area contributed by atoms with Gasteiger partial charge in [0.05, 0.1) is 10.9 Å². The zero-order chi connectivity index (χ0) is 25.8. The lowest BCUT2D eigenvalue weighted by Gasteiger charge is -2.26. The number of sulfonamides is 1. The molecule has 0 aliphatic heterocycles. The lowest BCUT2D eigenvalue weighted by molar-refractivity contribution is 0.381. The maximum absolute atomic E-state index is 14.0. The Morgan fingerprint density at radius 2 is 1.22 bits per heavy atom. The zero-order valence-corrected chi connectivity index (χ0v) is 21.8. The second-order valence-electron chi connectivity index (χ2n) is 9.31. The van der Waals surface area contributed by atoms with E-state index in [0.717, 1.165) is 22.3 Å². The molecule has 0 heterocycles. The number of hydrogen-bond acceptors (Lipinski definition) is 2. The molecule has 1 aliphatic rings. The van der Waals surface area contributed by atoms with Gasteiger partial charge in [-0.1, -0.05) is 108 Å². The van der Waals surface area contributed by atoms with Gasteiger partial charge in [0.1, 0.15) is 0 Å². The molecule has 1 aliphatic carbocycles. The van der Waals surface area contributed by atoms with Crippen molar-refractivity contribution in [3.8, 4) is 11.8 Å². The predicted octanol–water partition coefficient (Wildman–Crippen LogP) is 6.67. The van der Waals surface area contributed by atoms with Crippen LogP contribution in [0.15, 0.2) is 120 Å². The molecule has 0 bridgehead atoms. The highest BCUT2D eigenvalue weighted by Gasteiger charge is 2.42. The minimum absolute atomic E-state index is 0.00833. The highest BCUT2D eigenvalue weighted by Crippen LogP contribution is 2.53. The summed E-state index contributed by atoms with van der Waals surface area (Å²) < 4.78 is 29.5. The number of rotatable bonds is 7. The van der Waals surface area contributed by atoms with Gasteiger partial charge in [0.2, 0.25) is 10.0 Å². The Kier molecular flexibility index (Phi) is 7.10. The van der Waals surface area contributed by atoms with Crippen molar-refractivity contribution in [2.24, 2.45) is 5.92 Å². The van der Waals surface area contributed by atoms with E-state index in [0.29, 0.717) is 6.54 Å². The van der Waals surface area contributed by atoms with Gasteiger partial charge >= 0.3 is 0 Å². The van der Waals surface area contributed by atoms with Crippen molar-refractivity contribution in [3.63, 3.8) is 0 Å². The fourth-order valence-electron chi connectivity index (χ4n) is 4.67. The molecule has 4 aromatic carbocycles. The molecule has 184 valence electrons. The molecule has 3 nitrogen and oxygen atoms in total. The van der Waals surface area contributed by atoms with Crippen LogP contribution in [0.1, 0.15) is 29.2 Å². The van der Waals surface area contributed by atoms with Crippen molar-refractivity contribution in [2.45, 2.75) is 24.8 Å². The predicted molar refractivity (Wildman–Crippen MR) is 151 cm³/mol. The largest absolute Gasteiger partial charge is 0.244 e. The van der Waals surface area contributed by atoms with E-state index in [1.807, 2.05) is 92.7 Å². The average molecular weight is 504 g/mol. The average Bonchev–Trinajstić information content (AvgIpc) is 3.66. The van der Waals surface area contributed by atoms with Gasteiger partial charge in [0, 0.05) is 18.0 Å². The summed E-state index contributed by atoms with van der Waals surface area (Å²) in [6, 6.07) is 36.7. The highest BCUT2D eigenvalue weighted by molar-refractivity contribution is 7.89. The number of nitrogens with zero attached hydrogens (tertiary/aromatic N) is 1. The second-order valence-corrected chi connectivity index (χ2v) is 11.2. The van der Waals surface area contributed by atoms with Crippen LogP contribution in [0.4, 0.5) is 0 Å². The summed E-state index contributed by atoms with van der Waals surface area (Å²) in [5.41, 5.74) is 6.52. The van der Waals surface area contributed by atoms with E-state index in [1.54, 1.807) is 16.4 Å². The molecule has 0 N–H and O–H groups in total. The van der Waals surface area contributed by atoms with Crippen molar-refractivity contribution in [1.82, 2.24) is 4.31 Å². The normalized spacial score (nSPS) is 14.2. The van der Waals surface area contributed by atoms with Crippen LogP contribution in [-0.4, -0.2) is 25.3 Å². The van der Waals surface area contributed by atoms with E-state index in [1.165, 1.54) is 11.1 Å². The van der Waals surface area contributed by atoms with Crippen LogP contribution < -0.4 is 0 Å². The molecular weight excluding hydrogens is 474 g/mol. The van der Waals surface area contributed by atoms with Gasteiger partial charge in [-0.2, -0.15) is 4.31 Å². The lowest BCUT2D eigenvalue weighted by atomic mass is 10.1. The molecule has 1 unspecified atom stereocenters. The minimum Gasteiger partial charge on any atom is -0.207 e. The second kappa shape index (κ2) is 10.6. The molecule has 1 atom stereocenters. The first kappa shape index (κ1) is 24.8. The van der Waals surface area contributed by atoms with Gasteiger partial charge in [-0.05, 0) is 60.4 Å². The smallest absolute Gasteiger partial charge is 0.207 e. The number of aryl methyl sites for hydroxylation is 1. The first-order chi connectivity index (χ1) is 17.9. The van der Waals surface area contributed by atoms with Gasteiger partial charge in [-0.3, -0.25) is 0 Å². The van der Waals surface area contributed by atoms with Crippen LogP contribution >= 0.6 is 0 Å². The van der Waals surface area contributed by atoms with E-state index < -0.39 is 16.1 Å². The minimum atomic E-state index is -3.78. The van der Waals surface area contributed by atoms with E-state index in [9.17, 15) is 8.42 Å². The first-order valence-electron chi connectivity index (χ1n) is 12.4. The van der Waals surface area contributed by atoms with Gasteiger partial charge in [0.25, 0.3) is 0 Å². The van der Waals surface area contributed by atoms with Crippen LogP contribution in [0.3, 0.4) is 0 Å². The Bertz CT molecular complexity index is 1520. The highest BCUT2D eigenvalue weighted by atomic mass is 32.2. The van der Waals surface area contributed by atoms with Crippen molar-refractivity contribution >= 4 is 21.2 Å². The zero-order valence-electron chi connectivity index (χ0n) is 21.0. The SMILES string of the molecule is Cc1ccc(S(=O)(=O)N(CC2C(c3ccccc3)=C2c2ccccc2)C(C)C#Cc2ccccc2)cc1. The van der Waals surface area contributed by atoms with Crippen LogP contribution in [0, 0.1) is 24.7 Å². The topological polar surface area (TPSA) is 37.4 Å². The molecular formula is C33H29NO2S. The Hall–Kier alpha value is -3.91. The van der Waals surface area contributed by atoms with Crippen molar-refractivity contribution in [3.05, 3.63) is 138 Å². The number of benzene rings is 4. The van der Waals surface area contributed by atoms with E-state index >= 15 is 0 Å². The van der Waals surface area contributed by atoms with E-state index in [2.05, 4.69) is 36.1 Å². The maximum Gasteiger partial charge on any atom is 0.244 e. The molecule has 37 heavy (non-hydrogen) atoms. The van der Waals surface area contributed by atoms with Gasteiger partial charge in [-0.15, -0.1) is 0 Å². The molecule has 5 rings (SSSR count). The van der Waals surface area contributed by atoms with Crippen LogP contribution in [0.2, 0.25) is 0 Å². The Balaban J connectivity index is 1.52. The molecule has 0 spiro atoms. The molecule has 4 aromatic rings. The summed E-state index contributed by atoms with van der Waals surface area (Å²) in [5.74, 6) is 6.37. The van der Waals surface area contributed by atoms with Gasteiger partial charge < -0.3 is 0 Å². The third-order valence-electron chi connectivity index (χ3n) is 6.69.